The molecule has 2 rings (SSSR count). The molecule has 2 aromatic rings. The average Bonchev–Trinajstić information content (AvgIpc) is 2.76. The Kier molecular flexibility index (Phi) is 3.05. The van der Waals surface area contributed by atoms with Crippen molar-refractivity contribution in [3.05, 3.63) is 36.3 Å². The van der Waals surface area contributed by atoms with Crippen molar-refractivity contribution >= 4 is 6.29 Å². The lowest BCUT2D eigenvalue weighted by Crippen LogP contribution is -1.98. The highest BCUT2D eigenvalue weighted by Gasteiger charge is 2.03. The van der Waals surface area contributed by atoms with E-state index in [4.69, 9.17) is 0 Å². The molecule has 0 radical (unpaired) electrons. The Morgan fingerprint density at radius 2 is 2.06 bits per heavy atom. The van der Waals surface area contributed by atoms with E-state index < -0.39 is 0 Å². The molecule has 1 aromatic carbocycles. The molecule has 1 aromatic heterocycles. The minimum atomic E-state index is -0.280. The highest BCUT2D eigenvalue weighted by Crippen LogP contribution is 2.16. The van der Waals surface area contributed by atoms with E-state index in [2.05, 4.69) is 10.3 Å². The third-order valence-corrected chi connectivity index (χ3v) is 2.15. The summed E-state index contributed by atoms with van der Waals surface area (Å²) in [5, 5.41) is 7.81. The van der Waals surface area contributed by atoms with Gasteiger partial charge in [0, 0.05) is 18.5 Å². The first kappa shape index (κ1) is 10.5. The minimum Gasteiger partial charge on any atom is -0.303 e. The largest absolute Gasteiger partial charge is 0.303 e. The number of aromatic nitrogens is 3. The zero-order chi connectivity index (χ0) is 11.4. The standard InChI is InChI=1S/C11H10FN3O/c12-10-4-2-9(3-5-10)11-8-15(14-13-11)6-1-7-16/h2-5,7-8H,1,6H2. The molecule has 0 amide bonds. The van der Waals surface area contributed by atoms with Gasteiger partial charge in [-0.3, -0.25) is 4.68 Å². The normalized spacial score (nSPS) is 10.3. The fourth-order valence-corrected chi connectivity index (χ4v) is 1.35. The van der Waals surface area contributed by atoms with Gasteiger partial charge in [0.25, 0.3) is 0 Å². The molecule has 4 nitrogen and oxygen atoms in total. The molecule has 0 unspecified atom stereocenters. The van der Waals surface area contributed by atoms with Gasteiger partial charge in [-0.15, -0.1) is 5.10 Å². The SMILES string of the molecule is O=CCCn1cc(-c2ccc(F)cc2)nn1. The van der Waals surface area contributed by atoms with Crippen molar-refractivity contribution in [3.63, 3.8) is 0 Å². The van der Waals surface area contributed by atoms with E-state index in [0.29, 0.717) is 18.7 Å². The summed E-state index contributed by atoms with van der Waals surface area (Å²) < 4.78 is 14.3. The summed E-state index contributed by atoms with van der Waals surface area (Å²) in [6.07, 6.45) is 2.97. The maximum Gasteiger partial charge on any atom is 0.123 e. The van der Waals surface area contributed by atoms with Crippen molar-refractivity contribution in [2.24, 2.45) is 0 Å². The molecule has 0 saturated carbocycles. The number of rotatable bonds is 4. The minimum absolute atomic E-state index is 0.280. The van der Waals surface area contributed by atoms with Crippen molar-refractivity contribution < 1.29 is 9.18 Å². The van der Waals surface area contributed by atoms with E-state index in [1.165, 1.54) is 12.1 Å². The lowest BCUT2D eigenvalue weighted by atomic mass is 10.2. The molecular formula is C11H10FN3O. The van der Waals surface area contributed by atoms with Crippen LogP contribution in [0.1, 0.15) is 6.42 Å². The Bertz CT molecular complexity index is 478. The predicted molar refractivity (Wildman–Crippen MR) is 56.1 cm³/mol. The van der Waals surface area contributed by atoms with Crippen LogP contribution >= 0.6 is 0 Å². The Morgan fingerprint density at radius 1 is 1.31 bits per heavy atom. The Labute approximate surface area is 91.7 Å². The number of carbonyl (C=O) groups is 1. The van der Waals surface area contributed by atoms with Gasteiger partial charge >= 0.3 is 0 Å². The van der Waals surface area contributed by atoms with Crippen LogP contribution in [0.15, 0.2) is 30.5 Å². The van der Waals surface area contributed by atoms with Gasteiger partial charge in [0.2, 0.25) is 0 Å². The molecule has 0 bridgehead atoms. The van der Waals surface area contributed by atoms with Gasteiger partial charge in [-0.2, -0.15) is 0 Å². The highest BCUT2D eigenvalue weighted by molar-refractivity contribution is 5.57. The fourth-order valence-electron chi connectivity index (χ4n) is 1.35. The van der Waals surface area contributed by atoms with Gasteiger partial charge in [0.1, 0.15) is 17.8 Å². The van der Waals surface area contributed by atoms with Crippen molar-refractivity contribution in [1.29, 1.82) is 0 Å². The monoisotopic (exact) mass is 219 g/mol. The number of halogens is 1. The van der Waals surface area contributed by atoms with Crippen LogP contribution < -0.4 is 0 Å². The van der Waals surface area contributed by atoms with Crippen LogP contribution in [0.25, 0.3) is 11.3 Å². The topological polar surface area (TPSA) is 47.8 Å². The van der Waals surface area contributed by atoms with E-state index in [-0.39, 0.29) is 5.82 Å². The molecule has 0 aliphatic heterocycles. The van der Waals surface area contributed by atoms with Crippen LogP contribution in [0.5, 0.6) is 0 Å². The summed E-state index contributed by atoms with van der Waals surface area (Å²) in [7, 11) is 0. The number of aldehydes is 1. The highest BCUT2D eigenvalue weighted by atomic mass is 19.1. The Hall–Kier alpha value is -2.04. The van der Waals surface area contributed by atoms with E-state index in [1.54, 1.807) is 23.0 Å². The van der Waals surface area contributed by atoms with Crippen LogP contribution in [0.4, 0.5) is 4.39 Å². The van der Waals surface area contributed by atoms with Crippen LogP contribution in [-0.4, -0.2) is 21.3 Å². The summed E-state index contributed by atoms with van der Waals surface area (Å²) in [6.45, 7) is 0.512. The van der Waals surface area contributed by atoms with E-state index in [0.717, 1.165) is 11.8 Å². The molecule has 1 heterocycles. The second kappa shape index (κ2) is 4.65. The molecule has 0 fully saturated rings. The van der Waals surface area contributed by atoms with Gasteiger partial charge in [-0.1, -0.05) is 5.21 Å². The summed E-state index contributed by atoms with van der Waals surface area (Å²) in [5.41, 5.74) is 1.48. The van der Waals surface area contributed by atoms with E-state index in [1.807, 2.05) is 0 Å². The Morgan fingerprint density at radius 3 is 2.75 bits per heavy atom. The molecule has 0 spiro atoms. The zero-order valence-electron chi connectivity index (χ0n) is 8.51. The molecule has 0 aliphatic rings. The van der Waals surface area contributed by atoms with Crippen molar-refractivity contribution in [2.45, 2.75) is 13.0 Å². The lowest BCUT2D eigenvalue weighted by molar-refractivity contribution is -0.108. The maximum atomic E-state index is 12.7. The fraction of sp³-hybridized carbons (Fsp3) is 0.182. The molecule has 0 atom stereocenters. The molecule has 16 heavy (non-hydrogen) atoms. The van der Waals surface area contributed by atoms with Crippen LogP contribution in [-0.2, 0) is 11.3 Å². The number of nitrogens with zero attached hydrogens (tertiary/aromatic N) is 3. The van der Waals surface area contributed by atoms with Gasteiger partial charge in [-0.05, 0) is 24.3 Å². The van der Waals surface area contributed by atoms with Crippen LogP contribution in [0.2, 0.25) is 0 Å². The quantitative estimate of drug-likeness (QED) is 0.735. The molecule has 5 heteroatoms. The first-order valence-corrected chi connectivity index (χ1v) is 4.89. The van der Waals surface area contributed by atoms with Crippen LogP contribution in [0, 0.1) is 5.82 Å². The van der Waals surface area contributed by atoms with Gasteiger partial charge in [0.05, 0.1) is 6.20 Å². The summed E-state index contributed by atoms with van der Waals surface area (Å²) in [4.78, 5) is 10.2. The number of aryl methyl sites for hydroxylation is 1. The second-order valence-corrected chi connectivity index (χ2v) is 3.33. The van der Waals surface area contributed by atoms with Gasteiger partial charge < -0.3 is 4.79 Å². The first-order valence-electron chi connectivity index (χ1n) is 4.89. The van der Waals surface area contributed by atoms with Gasteiger partial charge in [0.15, 0.2) is 0 Å². The predicted octanol–water partition coefficient (Wildman–Crippen LogP) is 1.67. The van der Waals surface area contributed by atoms with Crippen molar-refractivity contribution in [1.82, 2.24) is 15.0 Å². The van der Waals surface area contributed by atoms with Crippen molar-refractivity contribution in [3.8, 4) is 11.3 Å². The zero-order valence-corrected chi connectivity index (χ0v) is 8.51. The first-order chi connectivity index (χ1) is 7.79. The lowest BCUT2D eigenvalue weighted by Gasteiger charge is -1.94. The second-order valence-electron chi connectivity index (χ2n) is 3.33. The molecule has 0 N–H and O–H groups in total. The smallest absolute Gasteiger partial charge is 0.123 e. The maximum absolute atomic E-state index is 12.7. The molecular weight excluding hydrogens is 209 g/mol. The van der Waals surface area contributed by atoms with Crippen LogP contribution in [0.3, 0.4) is 0 Å². The number of hydrogen-bond acceptors (Lipinski definition) is 3. The van der Waals surface area contributed by atoms with Crippen molar-refractivity contribution in [2.75, 3.05) is 0 Å². The molecule has 0 saturated heterocycles. The summed E-state index contributed by atoms with van der Waals surface area (Å²) in [6, 6.07) is 6.03. The number of benzene rings is 1. The number of carbonyl (C=O) groups excluding carboxylic acids is 1. The summed E-state index contributed by atoms with van der Waals surface area (Å²) >= 11 is 0. The summed E-state index contributed by atoms with van der Waals surface area (Å²) in [5.74, 6) is -0.280. The number of hydrogen-bond donors (Lipinski definition) is 0. The van der Waals surface area contributed by atoms with Gasteiger partial charge in [-0.25, -0.2) is 4.39 Å². The average molecular weight is 219 g/mol. The molecule has 82 valence electrons. The Balaban J connectivity index is 2.17. The molecule has 0 aliphatic carbocycles. The third-order valence-electron chi connectivity index (χ3n) is 2.15. The van der Waals surface area contributed by atoms with E-state index in [9.17, 15) is 9.18 Å². The van der Waals surface area contributed by atoms with E-state index >= 15 is 0 Å². The third kappa shape index (κ3) is 2.31.